The van der Waals surface area contributed by atoms with Crippen LogP contribution in [0.15, 0.2) is 18.3 Å². The summed E-state index contributed by atoms with van der Waals surface area (Å²) in [5.41, 5.74) is 1.36. The summed E-state index contributed by atoms with van der Waals surface area (Å²) in [6, 6.07) is 4.28. The zero-order chi connectivity index (χ0) is 12.0. The lowest BCUT2D eigenvalue weighted by Gasteiger charge is -2.25. The zero-order valence-corrected chi connectivity index (χ0v) is 10.9. The molecule has 0 unspecified atom stereocenters. The van der Waals surface area contributed by atoms with Gasteiger partial charge in [-0.15, -0.1) is 0 Å². The third-order valence-electron chi connectivity index (χ3n) is 2.64. The van der Waals surface area contributed by atoms with Crippen molar-refractivity contribution >= 4 is 0 Å². The molecule has 1 aromatic heterocycles. The highest BCUT2D eigenvalue weighted by atomic mass is 16.5. The van der Waals surface area contributed by atoms with Crippen LogP contribution < -0.4 is 5.32 Å². The van der Waals surface area contributed by atoms with Gasteiger partial charge in [0.2, 0.25) is 0 Å². The fourth-order valence-electron chi connectivity index (χ4n) is 1.81. The van der Waals surface area contributed by atoms with Gasteiger partial charge in [-0.3, -0.25) is 0 Å². The monoisotopic (exact) mass is 224 g/mol. The van der Waals surface area contributed by atoms with Crippen molar-refractivity contribution in [2.24, 2.45) is 0 Å². The molecule has 0 aliphatic rings. The second kappa shape index (κ2) is 6.06. The molecule has 0 bridgehead atoms. The van der Waals surface area contributed by atoms with E-state index in [-0.39, 0.29) is 5.54 Å². The molecule has 0 aromatic carbocycles. The van der Waals surface area contributed by atoms with E-state index in [1.54, 1.807) is 7.11 Å². The van der Waals surface area contributed by atoms with Gasteiger partial charge in [-0.1, -0.05) is 6.92 Å². The molecule has 0 saturated carbocycles. The van der Waals surface area contributed by atoms with E-state index in [1.165, 1.54) is 12.1 Å². The standard InChI is InChI=1S/C13H24N2O/c1-5-8-15-9-6-7-12(15)10-14-13(2,3)11-16-4/h6-7,9,14H,5,8,10-11H2,1-4H3. The fourth-order valence-corrected chi connectivity index (χ4v) is 1.81. The maximum absolute atomic E-state index is 5.18. The van der Waals surface area contributed by atoms with Crippen molar-refractivity contribution < 1.29 is 4.74 Å². The Labute approximate surface area is 98.8 Å². The normalized spacial score (nSPS) is 12.0. The van der Waals surface area contributed by atoms with Gasteiger partial charge >= 0.3 is 0 Å². The minimum absolute atomic E-state index is 0.0239. The van der Waals surface area contributed by atoms with Gasteiger partial charge in [0.25, 0.3) is 0 Å². The number of aryl methyl sites for hydroxylation is 1. The van der Waals surface area contributed by atoms with E-state index < -0.39 is 0 Å². The highest BCUT2D eigenvalue weighted by molar-refractivity contribution is 5.07. The number of hydrogen-bond donors (Lipinski definition) is 1. The summed E-state index contributed by atoms with van der Waals surface area (Å²) in [6.07, 6.45) is 3.31. The summed E-state index contributed by atoms with van der Waals surface area (Å²) in [6.45, 7) is 9.22. The van der Waals surface area contributed by atoms with E-state index in [9.17, 15) is 0 Å². The molecular formula is C13H24N2O. The first kappa shape index (κ1) is 13.3. The van der Waals surface area contributed by atoms with Crippen LogP contribution in [0.2, 0.25) is 0 Å². The maximum Gasteiger partial charge on any atom is 0.0639 e. The molecule has 0 radical (unpaired) electrons. The molecule has 0 fully saturated rings. The first-order valence-corrected chi connectivity index (χ1v) is 5.97. The van der Waals surface area contributed by atoms with Crippen molar-refractivity contribution in [2.75, 3.05) is 13.7 Å². The van der Waals surface area contributed by atoms with Crippen molar-refractivity contribution in [3.8, 4) is 0 Å². The van der Waals surface area contributed by atoms with E-state index >= 15 is 0 Å². The van der Waals surface area contributed by atoms with Crippen molar-refractivity contribution in [1.29, 1.82) is 0 Å². The molecule has 1 heterocycles. The summed E-state index contributed by atoms with van der Waals surface area (Å²) >= 11 is 0. The molecule has 1 rings (SSSR count). The van der Waals surface area contributed by atoms with E-state index in [4.69, 9.17) is 4.74 Å². The number of rotatable bonds is 7. The number of ether oxygens (including phenoxy) is 1. The number of methoxy groups -OCH3 is 1. The Kier molecular flexibility index (Phi) is 5.03. The van der Waals surface area contributed by atoms with Crippen LogP contribution in [0.1, 0.15) is 32.9 Å². The Morgan fingerprint density at radius 3 is 2.81 bits per heavy atom. The molecule has 0 amide bonds. The second-order valence-corrected chi connectivity index (χ2v) is 4.86. The lowest BCUT2D eigenvalue weighted by molar-refractivity contribution is 0.127. The molecule has 16 heavy (non-hydrogen) atoms. The Morgan fingerprint density at radius 1 is 1.44 bits per heavy atom. The van der Waals surface area contributed by atoms with E-state index in [0.29, 0.717) is 0 Å². The maximum atomic E-state index is 5.18. The molecule has 0 aliphatic heterocycles. The molecule has 0 spiro atoms. The van der Waals surface area contributed by atoms with E-state index in [1.807, 2.05) is 0 Å². The number of nitrogens with zero attached hydrogens (tertiary/aromatic N) is 1. The van der Waals surface area contributed by atoms with Crippen LogP contribution in [-0.2, 0) is 17.8 Å². The number of hydrogen-bond acceptors (Lipinski definition) is 2. The van der Waals surface area contributed by atoms with Crippen molar-refractivity contribution in [3.05, 3.63) is 24.0 Å². The van der Waals surface area contributed by atoms with Gasteiger partial charge in [0.1, 0.15) is 0 Å². The van der Waals surface area contributed by atoms with Gasteiger partial charge in [-0.2, -0.15) is 0 Å². The van der Waals surface area contributed by atoms with Crippen LogP contribution in [0.3, 0.4) is 0 Å². The smallest absolute Gasteiger partial charge is 0.0639 e. The number of nitrogens with one attached hydrogen (secondary N) is 1. The minimum Gasteiger partial charge on any atom is -0.383 e. The van der Waals surface area contributed by atoms with Crippen LogP contribution in [-0.4, -0.2) is 23.8 Å². The SMILES string of the molecule is CCCn1cccc1CNC(C)(C)COC. The topological polar surface area (TPSA) is 26.2 Å². The van der Waals surface area contributed by atoms with Crippen LogP contribution in [0.25, 0.3) is 0 Å². The summed E-state index contributed by atoms with van der Waals surface area (Å²) in [7, 11) is 1.74. The van der Waals surface area contributed by atoms with Crippen molar-refractivity contribution in [3.63, 3.8) is 0 Å². The lowest BCUT2D eigenvalue weighted by Crippen LogP contribution is -2.43. The Morgan fingerprint density at radius 2 is 2.19 bits per heavy atom. The summed E-state index contributed by atoms with van der Waals surface area (Å²) in [5, 5.41) is 3.52. The van der Waals surface area contributed by atoms with Gasteiger partial charge in [-0.25, -0.2) is 0 Å². The molecule has 1 N–H and O–H groups in total. The second-order valence-electron chi connectivity index (χ2n) is 4.86. The molecule has 3 nitrogen and oxygen atoms in total. The van der Waals surface area contributed by atoms with E-state index in [0.717, 1.165) is 19.7 Å². The van der Waals surface area contributed by atoms with Crippen molar-refractivity contribution in [2.45, 2.75) is 45.8 Å². The molecule has 0 saturated heterocycles. The predicted molar refractivity (Wildman–Crippen MR) is 67.5 cm³/mol. The Balaban J connectivity index is 2.50. The van der Waals surface area contributed by atoms with Gasteiger partial charge < -0.3 is 14.6 Å². The molecular weight excluding hydrogens is 200 g/mol. The average Bonchev–Trinajstić information content (AvgIpc) is 2.63. The Hall–Kier alpha value is -0.800. The predicted octanol–water partition coefficient (Wildman–Crippen LogP) is 2.41. The van der Waals surface area contributed by atoms with Gasteiger partial charge in [0.05, 0.1) is 6.61 Å². The molecule has 92 valence electrons. The largest absolute Gasteiger partial charge is 0.383 e. The van der Waals surface area contributed by atoms with Gasteiger partial charge in [-0.05, 0) is 32.4 Å². The lowest BCUT2D eigenvalue weighted by atomic mass is 10.1. The third-order valence-corrected chi connectivity index (χ3v) is 2.64. The minimum atomic E-state index is 0.0239. The highest BCUT2D eigenvalue weighted by Crippen LogP contribution is 2.07. The highest BCUT2D eigenvalue weighted by Gasteiger charge is 2.16. The van der Waals surface area contributed by atoms with Gasteiger partial charge in [0.15, 0.2) is 0 Å². The third kappa shape index (κ3) is 3.99. The summed E-state index contributed by atoms with van der Waals surface area (Å²) < 4.78 is 7.49. The van der Waals surface area contributed by atoms with Crippen LogP contribution in [0, 0.1) is 0 Å². The molecule has 0 atom stereocenters. The quantitative estimate of drug-likeness (QED) is 0.770. The van der Waals surface area contributed by atoms with Crippen molar-refractivity contribution in [1.82, 2.24) is 9.88 Å². The van der Waals surface area contributed by atoms with Gasteiger partial charge in [0, 0.05) is 37.6 Å². The molecule has 1 aromatic rings. The van der Waals surface area contributed by atoms with Crippen LogP contribution in [0.5, 0.6) is 0 Å². The fraction of sp³-hybridized carbons (Fsp3) is 0.692. The molecule has 3 heteroatoms. The van der Waals surface area contributed by atoms with Crippen LogP contribution in [0.4, 0.5) is 0 Å². The first-order valence-electron chi connectivity index (χ1n) is 5.97. The zero-order valence-electron chi connectivity index (χ0n) is 10.9. The van der Waals surface area contributed by atoms with Crippen LogP contribution >= 0.6 is 0 Å². The summed E-state index contributed by atoms with van der Waals surface area (Å²) in [5.74, 6) is 0. The number of aromatic nitrogens is 1. The first-order chi connectivity index (χ1) is 7.59. The Bertz CT molecular complexity index is 305. The average molecular weight is 224 g/mol. The molecule has 0 aliphatic carbocycles. The summed E-state index contributed by atoms with van der Waals surface area (Å²) in [4.78, 5) is 0. The van der Waals surface area contributed by atoms with E-state index in [2.05, 4.69) is 49.0 Å².